The molecule has 1 aromatic rings. The predicted octanol–water partition coefficient (Wildman–Crippen LogP) is 1.78. The molecule has 0 saturated carbocycles. The molecular formula is C19H25ClN2O6S. The molecule has 3 aliphatic rings. The number of nitrogens with zero attached hydrogens (tertiary/aromatic N) is 1. The molecule has 3 heterocycles. The molecule has 1 unspecified atom stereocenters. The first-order valence-electron chi connectivity index (χ1n) is 9.87. The third-order valence-corrected chi connectivity index (χ3v) is 7.52. The molecule has 3 aliphatic heterocycles. The van der Waals surface area contributed by atoms with E-state index in [1.54, 1.807) is 11.0 Å². The monoisotopic (exact) mass is 444 g/mol. The second-order valence-electron chi connectivity index (χ2n) is 7.53. The molecule has 160 valence electrons. The van der Waals surface area contributed by atoms with Gasteiger partial charge in [-0.15, -0.1) is 0 Å². The zero-order valence-electron chi connectivity index (χ0n) is 16.1. The number of sulfonamides is 1. The summed E-state index contributed by atoms with van der Waals surface area (Å²) >= 11 is 6.14. The summed E-state index contributed by atoms with van der Waals surface area (Å²) < 4.78 is 44.8. The lowest BCUT2D eigenvalue weighted by molar-refractivity contribution is -0.181. The quantitative estimate of drug-likeness (QED) is 0.743. The molecular weight excluding hydrogens is 420 g/mol. The van der Waals surface area contributed by atoms with Gasteiger partial charge in [-0.05, 0) is 31.0 Å². The summed E-state index contributed by atoms with van der Waals surface area (Å²) in [7, 11) is -3.86. The molecule has 8 nitrogen and oxygen atoms in total. The van der Waals surface area contributed by atoms with E-state index in [1.165, 1.54) is 12.1 Å². The average molecular weight is 445 g/mol. The van der Waals surface area contributed by atoms with Crippen LogP contribution < -0.4 is 4.72 Å². The Balaban J connectivity index is 1.45. The summed E-state index contributed by atoms with van der Waals surface area (Å²) in [5, 5.41) is 0.0757. The standard InChI is InChI=1S/C19H25ClN2O6S/c20-16-4-3-14(12-17(16)29(24,25)21-13-15-2-1-9-26-15)18(23)22-7-5-19(6-8-22)27-10-11-28-19/h3-4,12,15,21H,1-2,5-11,13H2. The first-order chi connectivity index (χ1) is 13.9. The van der Waals surface area contributed by atoms with Gasteiger partial charge in [0.2, 0.25) is 10.0 Å². The van der Waals surface area contributed by atoms with Crippen molar-refractivity contribution in [2.24, 2.45) is 0 Å². The summed E-state index contributed by atoms with van der Waals surface area (Å²) in [6, 6.07) is 4.34. The molecule has 3 saturated heterocycles. The Morgan fingerprint density at radius 2 is 1.93 bits per heavy atom. The SMILES string of the molecule is O=C(c1ccc(Cl)c(S(=O)(=O)NCC2CCCO2)c1)N1CCC2(CC1)OCCO2. The van der Waals surface area contributed by atoms with Crippen LogP contribution in [0.25, 0.3) is 0 Å². The predicted molar refractivity (Wildman–Crippen MR) is 105 cm³/mol. The van der Waals surface area contributed by atoms with Crippen molar-refractivity contribution in [3.63, 3.8) is 0 Å². The van der Waals surface area contributed by atoms with E-state index >= 15 is 0 Å². The molecule has 10 heteroatoms. The van der Waals surface area contributed by atoms with Crippen molar-refractivity contribution in [1.29, 1.82) is 0 Å². The molecule has 0 radical (unpaired) electrons. The van der Waals surface area contributed by atoms with Gasteiger partial charge in [-0.25, -0.2) is 13.1 Å². The van der Waals surface area contributed by atoms with Crippen molar-refractivity contribution in [3.05, 3.63) is 28.8 Å². The lowest BCUT2D eigenvalue weighted by Gasteiger charge is -2.37. The largest absolute Gasteiger partial charge is 0.377 e. The summed E-state index contributed by atoms with van der Waals surface area (Å²) in [6.07, 6.45) is 2.80. The fraction of sp³-hybridized carbons (Fsp3) is 0.632. The number of hydrogen-bond donors (Lipinski definition) is 1. The second-order valence-corrected chi connectivity index (χ2v) is 9.67. The zero-order chi connectivity index (χ0) is 20.5. The van der Waals surface area contributed by atoms with E-state index in [9.17, 15) is 13.2 Å². The highest BCUT2D eigenvalue weighted by Crippen LogP contribution is 2.32. The minimum Gasteiger partial charge on any atom is -0.377 e. The molecule has 1 amide bonds. The van der Waals surface area contributed by atoms with E-state index in [1.807, 2.05) is 0 Å². The molecule has 1 aromatic carbocycles. The fourth-order valence-electron chi connectivity index (χ4n) is 3.95. The highest BCUT2D eigenvalue weighted by Gasteiger charge is 2.41. The average Bonchev–Trinajstić information content (AvgIpc) is 3.39. The van der Waals surface area contributed by atoms with Crippen LogP contribution in [0.4, 0.5) is 0 Å². The highest BCUT2D eigenvalue weighted by molar-refractivity contribution is 7.89. The molecule has 0 aromatic heterocycles. The maximum absolute atomic E-state index is 12.9. The Morgan fingerprint density at radius 1 is 1.21 bits per heavy atom. The van der Waals surface area contributed by atoms with Crippen molar-refractivity contribution < 1.29 is 27.4 Å². The van der Waals surface area contributed by atoms with Gasteiger partial charge >= 0.3 is 0 Å². The van der Waals surface area contributed by atoms with Crippen molar-refractivity contribution >= 4 is 27.5 Å². The van der Waals surface area contributed by atoms with E-state index in [2.05, 4.69) is 4.72 Å². The van der Waals surface area contributed by atoms with Crippen molar-refractivity contribution in [2.75, 3.05) is 39.5 Å². The van der Waals surface area contributed by atoms with Crippen molar-refractivity contribution in [2.45, 2.75) is 42.5 Å². The van der Waals surface area contributed by atoms with Gasteiger partial charge < -0.3 is 19.1 Å². The third kappa shape index (κ3) is 4.60. The maximum atomic E-state index is 12.9. The summed E-state index contributed by atoms with van der Waals surface area (Å²) in [5.74, 6) is -0.803. The lowest BCUT2D eigenvalue weighted by atomic mass is 10.0. The van der Waals surface area contributed by atoms with Crippen molar-refractivity contribution in [3.8, 4) is 0 Å². The van der Waals surface area contributed by atoms with Gasteiger partial charge in [0.25, 0.3) is 5.91 Å². The Labute approximate surface area is 175 Å². The molecule has 1 spiro atoms. The van der Waals surface area contributed by atoms with Crippen LogP contribution in [0.15, 0.2) is 23.1 Å². The number of amides is 1. The number of rotatable bonds is 5. The van der Waals surface area contributed by atoms with Gasteiger partial charge in [-0.3, -0.25) is 4.79 Å². The van der Waals surface area contributed by atoms with Gasteiger partial charge in [0.1, 0.15) is 4.90 Å². The summed E-state index contributed by atoms with van der Waals surface area (Å²) in [5.41, 5.74) is 0.288. The van der Waals surface area contributed by atoms with E-state index in [0.717, 1.165) is 12.8 Å². The van der Waals surface area contributed by atoms with E-state index < -0.39 is 15.8 Å². The number of benzene rings is 1. The van der Waals surface area contributed by atoms with Crippen LogP contribution in [-0.4, -0.2) is 70.6 Å². The fourth-order valence-corrected chi connectivity index (χ4v) is 5.54. The van der Waals surface area contributed by atoms with Gasteiger partial charge in [-0.1, -0.05) is 11.6 Å². The summed E-state index contributed by atoms with van der Waals surface area (Å²) in [6.45, 7) is 2.95. The molecule has 3 fully saturated rings. The normalized spacial score (nSPS) is 24.3. The smallest absolute Gasteiger partial charge is 0.253 e. The van der Waals surface area contributed by atoms with Crippen LogP contribution in [0.5, 0.6) is 0 Å². The summed E-state index contributed by atoms with van der Waals surface area (Å²) in [4.78, 5) is 14.5. The first kappa shape index (κ1) is 21.0. The number of carbonyl (C=O) groups excluding carboxylic acids is 1. The van der Waals surface area contributed by atoms with Crippen LogP contribution in [0.1, 0.15) is 36.0 Å². The van der Waals surface area contributed by atoms with Crippen LogP contribution in [0, 0.1) is 0 Å². The Kier molecular flexibility index (Phi) is 6.15. The molecule has 0 bridgehead atoms. The van der Waals surface area contributed by atoms with E-state index in [-0.39, 0.29) is 34.0 Å². The molecule has 4 rings (SSSR count). The van der Waals surface area contributed by atoms with Crippen LogP contribution in [0.2, 0.25) is 5.02 Å². The topological polar surface area (TPSA) is 94.2 Å². The number of nitrogens with one attached hydrogen (secondary N) is 1. The number of hydrogen-bond acceptors (Lipinski definition) is 6. The van der Waals surface area contributed by atoms with Crippen molar-refractivity contribution in [1.82, 2.24) is 9.62 Å². The highest BCUT2D eigenvalue weighted by atomic mass is 35.5. The number of ether oxygens (including phenoxy) is 3. The van der Waals surface area contributed by atoms with Crippen LogP contribution >= 0.6 is 11.6 Å². The van der Waals surface area contributed by atoms with E-state index in [0.29, 0.717) is 45.8 Å². The molecule has 1 atom stereocenters. The van der Waals surface area contributed by atoms with Gasteiger partial charge in [0.15, 0.2) is 5.79 Å². The minimum absolute atomic E-state index is 0.0757. The first-order valence-corrected chi connectivity index (χ1v) is 11.7. The third-order valence-electron chi connectivity index (χ3n) is 5.62. The second kappa shape index (κ2) is 8.49. The Bertz CT molecular complexity index is 855. The molecule has 0 aliphatic carbocycles. The van der Waals surface area contributed by atoms with Gasteiger partial charge in [0.05, 0.1) is 24.3 Å². The van der Waals surface area contributed by atoms with E-state index in [4.69, 9.17) is 25.8 Å². The zero-order valence-corrected chi connectivity index (χ0v) is 17.6. The Morgan fingerprint density at radius 3 is 2.59 bits per heavy atom. The minimum atomic E-state index is -3.86. The number of halogens is 1. The number of carbonyl (C=O) groups is 1. The maximum Gasteiger partial charge on any atom is 0.253 e. The molecule has 1 N–H and O–H groups in total. The molecule has 29 heavy (non-hydrogen) atoms. The van der Waals surface area contributed by atoms with Crippen LogP contribution in [-0.2, 0) is 24.2 Å². The van der Waals surface area contributed by atoms with Gasteiger partial charge in [0, 0.05) is 44.6 Å². The lowest BCUT2D eigenvalue weighted by Crippen LogP contribution is -2.47. The Hall–Kier alpha value is -1.23. The number of piperidine rings is 1. The number of likely N-dealkylation sites (tertiary alicyclic amines) is 1. The van der Waals surface area contributed by atoms with Gasteiger partial charge in [-0.2, -0.15) is 0 Å². The van der Waals surface area contributed by atoms with Crippen LogP contribution in [0.3, 0.4) is 0 Å².